The molecule has 1 aromatic heterocycles. The van der Waals surface area contributed by atoms with Crippen LogP contribution >= 0.6 is 11.6 Å². The van der Waals surface area contributed by atoms with Gasteiger partial charge in [0, 0.05) is 31.0 Å². The fourth-order valence-electron chi connectivity index (χ4n) is 2.55. The molecule has 2 rings (SSSR count). The molecule has 0 aliphatic carbocycles. The SMILES string of the molecule is CCn1cc(S(=O)(=O)N2CCS(=O)(=O)CC2C)cc1CCl. The first-order chi connectivity index (χ1) is 9.71. The topological polar surface area (TPSA) is 76.5 Å². The second-order valence-electron chi connectivity index (χ2n) is 5.17. The highest BCUT2D eigenvalue weighted by atomic mass is 35.5. The molecule has 1 atom stereocenters. The molecule has 1 unspecified atom stereocenters. The van der Waals surface area contributed by atoms with Crippen molar-refractivity contribution in [2.75, 3.05) is 18.1 Å². The first kappa shape index (κ1) is 16.8. The molecule has 1 aliphatic rings. The van der Waals surface area contributed by atoms with Crippen LogP contribution in [-0.4, -0.2) is 49.8 Å². The zero-order valence-corrected chi connectivity index (χ0v) is 14.4. The summed E-state index contributed by atoms with van der Waals surface area (Å²) in [5, 5.41) is 0. The van der Waals surface area contributed by atoms with Gasteiger partial charge in [-0.15, -0.1) is 11.6 Å². The molecule has 6 nitrogen and oxygen atoms in total. The van der Waals surface area contributed by atoms with Gasteiger partial charge in [-0.3, -0.25) is 0 Å². The van der Waals surface area contributed by atoms with Crippen LogP contribution in [-0.2, 0) is 32.3 Å². The summed E-state index contributed by atoms with van der Waals surface area (Å²) < 4.78 is 51.6. The maximum atomic E-state index is 12.7. The average molecular weight is 355 g/mol. The van der Waals surface area contributed by atoms with Gasteiger partial charge in [0.1, 0.15) is 4.90 Å². The van der Waals surface area contributed by atoms with Crippen LogP contribution < -0.4 is 0 Å². The maximum Gasteiger partial charge on any atom is 0.244 e. The van der Waals surface area contributed by atoms with Gasteiger partial charge in [-0.2, -0.15) is 4.31 Å². The highest BCUT2D eigenvalue weighted by Gasteiger charge is 2.37. The molecular weight excluding hydrogens is 336 g/mol. The van der Waals surface area contributed by atoms with E-state index in [4.69, 9.17) is 11.6 Å². The molecule has 0 N–H and O–H groups in total. The van der Waals surface area contributed by atoms with E-state index in [2.05, 4.69) is 0 Å². The number of sulfonamides is 1. The van der Waals surface area contributed by atoms with Gasteiger partial charge in [0.25, 0.3) is 0 Å². The Bertz CT molecular complexity index is 703. The maximum absolute atomic E-state index is 12.7. The van der Waals surface area contributed by atoms with E-state index in [0.29, 0.717) is 6.54 Å². The number of aromatic nitrogens is 1. The Morgan fingerprint density at radius 3 is 2.57 bits per heavy atom. The minimum Gasteiger partial charge on any atom is -0.349 e. The standard InChI is InChI=1S/C12H19ClN2O4S2/c1-3-14-8-12(6-11(14)7-13)21(18,19)15-4-5-20(16,17)9-10(15)2/h6,8,10H,3-5,7,9H2,1-2H3. The van der Waals surface area contributed by atoms with Gasteiger partial charge in [0.15, 0.2) is 9.84 Å². The Labute approximate surface area is 130 Å². The van der Waals surface area contributed by atoms with E-state index >= 15 is 0 Å². The van der Waals surface area contributed by atoms with E-state index in [1.165, 1.54) is 4.31 Å². The van der Waals surface area contributed by atoms with Crippen molar-refractivity contribution < 1.29 is 16.8 Å². The zero-order valence-electron chi connectivity index (χ0n) is 12.0. The number of halogens is 1. The van der Waals surface area contributed by atoms with E-state index in [-0.39, 0.29) is 28.8 Å². The normalized spacial score (nSPS) is 23.3. The van der Waals surface area contributed by atoms with Gasteiger partial charge in [-0.1, -0.05) is 0 Å². The lowest BCUT2D eigenvalue weighted by molar-refractivity contribution is 0.357. The molecule has 1 fully saturated rings. The smallest absolute Gasteiger partial charge is 0.244 e. The first-order valence-corrected chi connectivity index (χ1v) is 10.5. The molecule has 0 aromatic carbocycles. The monoisotopic (exact) mass is 354 g/mol. The molecule has 120 valence electrons. The fourth-order valence-corrected chi connectivity index (χ4v) is 6.24. The summed E-state index contributed by atoms with van der Waals surface area (Å²) in [4.78, 5) is 0.172. The summed E-state index contributed by atoms with van der Waals surface area (Å²) in [6, 6.07) is 1.000. The Balaban J connectivity index is 2.36. The van der Waals surface area contributed by atoms with E-state index in [9.17, 15) is 16.8 Å². The van der Waals surface area contributed by atoms with Gasteiger partial charge in [-0.05, 0) is 19.9 Å². The molecule has 0 radical (unpaired) electrons. The number of sulfone groups is 1. The van der Waals surface area contributed by atoms with Gasteiger partial charge >= 0.3 is 0 Å². The summed E-state index contributed by atoms with van der Waals surface area (Å²) in [5.74, 6) is -0.0379. The Kier molecular flexibility index (Phi) is 4.72. The number of hydrogen-bond acceptors (Lipinski definition) is 4. The van der Waals surface area contributed by atoms with Crippen molar-refractivity contribution in [1.82, 2.24) is 8.87 Å². The van der Waals surface area contributed by atoms with Gasteiger partial charge in [0.2, 0.25) is 10.0 Å². The third-order valence-electron chi connectivity index (χ3n) is 3.65. The molecule has 21 heavy (non-hydrogen) atoms. The van der Waals surface area contributed by atoms with Crippen LogP contribution in [0.5, 0.6) is 0 Å². The molecule has 9 heteroatoms. The summed E-state index contributed by atoms with van der Waals surface area (Å²) in [7, 11) is -6.85. The lowest BCUT2D eigenvalue weighted by Crippen LogP contribution is -2.49. The quantitative estimate of drug-likeness (QED) is 0.757. The van der Waals surface area contributed by atoms with Crippen molar-refractivity contribution in [3.8, 4) is 0 Å². The van der Waals surface area contributed by atoms with Crippen molar-refractivity contribution in [2.45, 2.75) is 37.2 Å². The summed E-state index contributed by atoms with van der Waals surface area (Å²) in [5.41, 5.74) is 0.732. The Hall–Kier alpha value is -0.570. The van der Waals surface area contributed by atoms with E-state index in [1.54, 1.807) is 23.8 Å². The molecule has 0 spiro atoms. The number of hydrogen-bond donors (Lipinski definition) is 0. The lowest BCUT2D eigenvalue weighted by atomic mass is 10.4. The van der Waals surface area contributed by atoms with Crippen LogP contribution in [0.4, 0.5) is 0 Å². The second kappa shape index (κ2) is 5.91. The largest absolute Gasteiger partial charge is 0.349 e. The van der Waals surface area contributed by atoms with E-state index < -0.39 is 25.9 Å². The molecule has 0 amide bonds. The molecule has 2 heterocycles. The van der Waals surface area contributed by atoms with Crippen LogP contribution in [0.2, 0.25) is 0 Å². The Morgan fingerprint density at radius 1 is 1.43 bits per heavy atom. The highest BCUT2D eigenvalue weighted by molar-refractivity contribution is 7.92. The molecule has 1 aromatic rings. The number of aryl methyl sites for hydroxylation is 1. The minimum atomic E-state index is -3.69. The third kappa shape index (κ3) is 3.28. The fraction of sp³-hybridized carbons (Fsp3) is 0.667. The molecule has 1 aliphatic heterocycles. The van der Waals surface area contributed by atoms with E-state index in [1.807, 2.05) is 6.92 Å². The Morgan fingerprint density at radius 2 is 2.10 bits per heavy atom. The zero-order chi connectivity index (χ0) is 15.8. The van der Waals surface area contributed by atoms with Crippen LogP contribution in [0.3, 0.4) is 0 Å². The van der Waals surface area contributed by atoms with Crippen LogP contribution in [0, 0.1) is 0 Å². The lowest BCUT2D eigenvalue weighted by Gasteiger charge is -2.31. The molecule has 0 saturated carbocycles. The predicted octanol–water partition coefficient (Wildman–Crippen LogP) is 1.05. The van der Waals surface area contributed by atoms with Crippen molar-refractivity contribution in [3.05, 3.63) is 18.0 Å². The van der Waals surface area contributed by atoms with Gasteiger partial charge in [0.05, 0.1) is 17.4 Å². The first-order valence-electron chi connectivity index (χ1n) is 6.68. The molecule has 1 saturated heterocycles. The molecule has 0 bridgehead atoms. The number of alkyl halides is 1. The summed E-state index contributed by atoms with van der Waals surface area (Å²) in [6.45, 7) is 4.15. The van der Waals surface area contributed by atoms with Gasteiger partial charge in [-0.25, -0.2) is 16.8 Å². The number of nitrogens with zero attached hydrogens (tertiary/aromatic N) is 2. The van der Waals surface area contributed by atoms with Crippen LogP contribution in [0.15, 0.2) is 17.2 Å². The summed E-state index contributed by atoms with van der Waals surface area (Å²) >= 11 is 5.82. The van der Waals surface area contributed by atoms with Crippen LogP contribution in [0.25, 0.3) is 0 Å². The van der Waals surface area contributed by atoms with Crippen molar-refractivity contribution in [3.63, 3.8) is 0 Å². The highest BCUT2D eigenvalue weighted by Crippen LogP contribution is 2.24. The predicted molar refractivity (Wildman–Crippen MR) is 81.7 cm³/mol. The van der Waals surface area contributed by atoms with Crippen molar-refractivity contribution in [2.24, 2.45) is 0 Å². The number of rotatable bonds is 4. The van der Waals surface area contributed by atoms with Crippen molar-refractivity contribution >= 4 is 31.5 Å². The average Bonchev–Trinajstić information content (AvgIpc) is 2.80. The second-order valence-corrected chi connectivity index (χ2v) is 9.55. The third-order valence-corrected chi connectivity index (χ3v) is 7.70. The summed E-state index contributed by atoms with van der Waals surface area (Å²) in [6.07, 6.45) is 1.56. The van der Waals surface area contributed by atoms with Gasteiger partial charge < -0.3 is 4.57 Å². The van der Waals surface area contributed by atoms with Crippen molar-refractivity contribution in [1.29, 1.82) is 0 Å². The minimum absolute atomic E-state index is 0.000648. The van der Waals surface area contributed by atoms with Crippen LogP contribution in [0.1, 0.15) is 19.5 Å². The van der Waals surface area contributed by atoms with E-state index in [0.717, 1.165) is 5.69 Å². The molecular formula is C12H19ClN2O4S2.